The number of aryl methyl sites for hydroxylation is 5. The zero-order valence-corrected chi connectivity index (χ0v) is 18.3. The van der Waals surface area contributed by atoms with Gasteiger partial charge in [0, 0.05) is 11.1 Å². The van der Waals surface area contributed by atoms with Crippen LogP contribution in [-0.2, 0) is 4.79 Å². The highest BCUT2D eigenvalue weighted by molar-refractivity contribution is 8.00. The molecule has 1 amide bonds. The molecule has 0 fully saturated rings. The predicted molar refractivity (Wildman–Crippen MR) is 120 cm³/mol. The number of carbonyl (C=O) groups is 1. The van der Waals surface area contributed by atoms with E-state index >= 15 is 0 Å². The minimum atomic E-state index is -0.184. The lowest BCUT2D eigenvalue weighted by Crippen LogP contribution is -2.24. The second-order valence-electron chi connectivity index (χ2n) is 7.56. The first-order valence-electron chi connectivity index (χ1n) is 9.72. The van der Waals surface area contributed by atoms with Crippen LogP contribution in [0.1, 0.15) is 41.2 Å². The summed E-state index contributed by atoms with van der Waals surface area (Å²) < 4.78 is 0. The van der Waals surface area contributed by atoms with E-state index in [2.05, 4.69) is 58.1 Å². The molecule has 146 valence electrons. The number of rotatable bonds is 5. The van der Waals surface area contributed by atoms with Crippen molar-refractivity contribution >= 4 is 34.3 Å². The second-order valence-corrected chi connectivity index (χ2v) is 8.78. The van der Waals surface area contributed by atoms with Gasteiger partial charge in [-0.15, -0.1) is 0 Å². The number of thioether (sulfide) groups is 1. The SMILES string of the molecule is CCC(Sc1cc(C)c2cc(C)cc(C)c2n1)C(=O)Nc1ccc(C)c(C)c1. The fourth-order valence-corrected chi connectivity index (χ4v) is 4.40. The predicted octanol–water partition coefficient (Wildman–Crippen LogP) is 6.29. The van der Waals surface area contributed by atoms with E-state index in [4.69, 9.17) is 4.98 Å². The summed E-state index contributed by atoms with van der Waals surface area (Å²) in [7, 11) is 0. The molecule has 1 aromatic heterocycles. The minimum absolute atomic E-state index is 0.0240. The van der Waals surface area contributed by atoms with Crippen molar-refractivity contribution in [1.82, 2.24) is 4.98 Å². The zero-order chi connectivity index (χ0) is 20.4. The fraction of sp³-hybridized carbons (Fsp3) is 0.333. The molecule has 1 unspecified atom stereocenters. The first-order chi connectivity index (χ1) is 13.3. The van der Waals surface area contributed by atoms with Crippen LogP contribution in [0.25, 0.3) is 10.9 Å². The Hall–Kier alpha value is -2.33. The summed E-state index contributed by atoms with van der Waals surface area (Å²) >= 11 is 1.54. The maximum absolute atomic E-state index is 12.8. The number of hydrogen-bond acceptors (Lipinski definition) is 3. The Bertz CT molecular complexity index is 1040. The summed E-state index contributed by atoms with van der Waals surface area (Å²) in [4.78, 5) is 17.7. The van der Waals surface area contributed by atoms with Crippen molar-refractivity contribution in [2.75, 3.05) is 5.32 Å². The summed E-state index contributed by atoms with van der Waals surface area (Å²) in [5.41, 5.74) is 7.89. The van der Waals surface area contributed by atoms with Crippen LogP contribution in [0.3, 0.4) is 0 Å². The molecule has 0 aliphatic carbocycles. The van der Waals surface area contributed by atoms with Gasteiger partial charge in [0.25, 0.3) is 0 Å². The second kappa shape index (κ2) is 8.36. The van der Waals surface area contributed by atoms with Crippen LogP contribution in [0.4, 0.5) is 5.69 Å². The molecule has 1 heterocycles. The number of fused-ring (bicyclic) bond motifs is 1. The smallest absolute Gasteiger partial charge is 0.237 e. The molecular formula is C24H28N2OS. The van der Waals surface area contributed by atoms with Crippen molar-refractivity contribution in [3.8, 4) is 0 Å². The van der Waals surface area contributed by atoms with Crippen molar-refractivity contribution in [3.63, 3.8) is 0 Å². The quantitative estimate of drug-likeness (QED) is 0.519. The highest BCUT2D eigenvalue weighted by Crippen LogP contribution is 2.30. The molecule has 0 bridgehead atoms. The summed E-state index contributed by atoms with van der Waals surface area (Å²) in [6.07, 6.45) is 0.743. The van der Waals surface area contributed by atoms with Gasteiger partial charge in [0.2, 0.25) is 5.91 Å². The molecule has 0 saturated heterocycles. The molecule has 0 spiro atoms. The normalized spacial score (nSPS) is 12.2. The lowest BCUT2D eigenvalue weighted by molar-refractivity contribution is -0.115. The molecule has 0 radical (unpaired) electrons. The highest BCUT2D eigenvalue weighted by Gasteiger charge is 2.20. The molecule has 3 aromatic rings. The standard InChI is InChI=1S/C24H28N2OS/c1-7-21(24(27)25-19-9-8-15(3)16(4)12-19)28-22-13-17(5)20-11-14(2)10-18(6)23(20)26-22/h8-13,21H,7H2,1-6H3,(H,25,27). The van der Waals surface area contributed by atoms with Crippen molar-refractivity contribution in [2.45, 2.75) is 58.2 Å². The Morgan fingerprint density at radius 1 is 0.964 bits per heavy atom. The monoisotopic (exact) mass is 392 g/mol. The molecule has 3 nitrogen and oxygen atoms in total. The van der Waals surface area contributed by atoms with Crippen LogP contribution in [0.5, 0.6) is 0 Å². The Balaban J connectivity index is 1.83. The van der Waals surface area contributed by atoms with Crippen LogP contribution in [0.2, 0.25) is 0 Å². The first-order valence-corrected chi connectivity index (χ1v) is 10.6. The largest absolute Gasteiger partial charge is 0.325 e. The van der Waals surface area contributed by atoms with Crippen molar-refractivity contribution in [2.24, 2.45) is 0 Å². The van der Waals surface area contributed by atoms with E-state index < -0.39 is 0 Å². The van der Waals surface area contributed by atoms with Gasteiger partial charge in [-0.2, -0.15) is 0 Å². The molecule has 1 N–H and O–H groups in total. The molecule has 28 heavy (non-hydrogen) atoms. The Morgan fingerprint density at radius 2 is 1.71 bits per heavy atom. The molecule has 4 heteroatoms. The van der Waals surface area contributed by atoms with Gasteiger partial charge in [-0.1, -0.05) is 36.4 Å². The zero-order valence-electron chi connectivity index (χ0n) is 17.5. The van der Waals surface area contributed by atoms with E-state index in [0.29, 0.717) is 0 Å². The average molecular weight is 393 g/mol. The molecule has 0 aliphatic heterocycles. The average Bonchev–Trinajstić information content (AvgIpc) is 2.63. The molecule has 3 rings (SSSR count). The molecular weight excluding hydrogens is 364 g/mol. The lowest BCUT2D eigenvalue weighted by atomic mass is 10.0. The fourth-order valence-electron chi connectivity index (χ4n) is 3.38. The molecule has 0 saturated carbocycles. The maximum atomic E-state index is 12.8. The lowest BCUT2D eigenvalue weighted by Gasteiger charge is -2.16. The number of benzene rings is 2. The third-order valence-electron chi connectivity index (χ3n) is 5.13. The van der Waals surface area contributed by atoms with E-state index in [0.717, 1.165) is 22.7 Å². The molecule has 1 atom stereocenters. The van der Waals surface area contributed by atoms with E-state index in [-0.39, 0.29) is 11.2 Å². The Kier molecular flexibility index (Phi) is 6.09. The van der Waals surface area contributed by atoms with Crippen LogP contribution in [-0.4, -0.2) is 16.1 Å². The number of nitrogens with zero attached hydrogens (tertiary/aromatic N) is 1. The summed E-state index contributed by atoms with van der Waals surface area (Å²) in [6.45, 7) is 12.5. The number of amides is 1. The van der Waals surface area contributed by atoms with Gasteiger partial charge in [0.15, 0.2) is 0 Å². The van der Waals surface area contributed by atoms with Gasteiger partial charge in [-0.05, 0) is 87.6 Å². The summed E-state index contributed by atoms with van der Waals surface area (Å²) in [6, 6.07) is 12.5. The third-order valence-corrected chi connectivity index (χ3v) is 6.41. The van der Waals surface area contributed by atoms with Crippen LogP contribution in [0, 0.1) is 34.6 Å². The van der Waals surface area contributed by atoms with Crippen LogP contribution in [0.15, 0.2) is 41.4 Å². The van der Waals surface area contributed by atoms with Crippen molar-refractivity contribution < 1.29 is 4.79 Å². The van der Waals surface area contributed by atoms with Gasteiger partial charge >= 0.3 is 0 Å². The first kappa shape index (κ1) is 20.4. The minimum Gasteiger partial charge on any atom is -0.325 e. The van der Waals surface area contributed by atoms with Gasteiger partial charge in [-0.3, -0.25) is 4.79 Å². The maximum Gasteiger partial charge on any atom is 0.237 e. The Morgan fingerprint density at radius 3 is 2.39 bits per heavy atom. The van der Waals surface area contributed by atoms with Gasteiger partial charge in [0.1, 0.15) is 0 Å². The number of anilines is 1. The number of hydrogen-bond donors (Lipinski definition) is 1. The summed E-state index contributed by atoms with van der Waals surface area (Å²) in [5, 5.41) is 4.97. The molecule has 2 aromatic carbocycles. The van der Waals surface area contributed by atoms with Gasteiger partial charge in [0.05, 0.1) is 15.8 Å². The topological polar surface area (TPSA) is 42.0 Å². The third kappa shape index (κ3) is 4.39. The van der Waals surface area contributed by atoms with E-state index in [1.807, 2.05) is 25.1 Å². The van der Waals surface area contributed by atoms with Crippen molar-refractivity contribution in [1.29, 1.82) is 0 Å². The van der Waals surface area contributed by atoms with E-state index in [9.17, 15) is 4.79 Å². The van der Waals surface area contributed by atoms with E-state index in [1.54, 1.807) is 11.8 Å². The summed E-state index contributed by atoms with van der Waals surface area (Å²) in [5.74, 6) is 0.0240. The van der Waals surface area contributed by atoms with Gasteiger partial charge in [-0.25, -0.2) is 4.98 Å². The van der Waals surface area contributed by atoms with Crippen LogP contribution >= 0.6 is 11.8 Å². The van der Waals surface area contributed by atoms with Gasteiger partial charge < -0.3 is 5.32 Å². The highest BCUT2D eigenvalue weighted by atomic mass is 32.2. The number of pyridine rings is 1. The Labute approximate surface area is 172 Å². The number of aromatic nitrogens is 1. The number of carbonyl (C=O) groups excluding carboxylic acids is 1. The molecule has 0 aliphatic rings. The van der Waals surface area contributed by atoms with E-state index in [1.165, 1.54) is 33.2 Å². The number of nitrogens with one attached hydrogen (secondary N) is 1. The van der Waals surface area contributed by atoms with Crippen LogP contribution < -0.4 is 5.32 Å². The van der Waals surface area contributed by atoms with Crippen molar-refractivity contribution in [3.05, 3.63) is 64.2 Å².